The van der Waals surface area contributed by atoms with Crippen molar-refractivity contribution in [2.45, 2.75) is 39.2 Å². The van der Waals surface area contributed by atoms with Gasteiger partial charge in [-0.25, -0.2) is 0 Å². The molecule has 1 heterocycles. The number of ketones is 3. The molecule has 9 nitrogen and oxygen atoms in total. The molecule has 0 aromatic heterocycles. The zero-order valence-electron chi connectivity index (χ0n) is 19.6. The molecule has 0 saturated heterocycles. The summed E-state index contributed by atoms with van der Waals surface area (Å²) in [7, 11) is 0. The van der Waals surface area contributed by atoms with Crippen LogP contribution in [0.5, 0.6) is 23.0 Å². The largest absolute Gasteiger partial charge is 0.508 e. The second-order valence-corrected chi connectivity index (χ2v) is 8.87. The molecule has 2 aliphatic rings. The molecule has 2 aromatic rings. The number of fused-ring (bicyclic) bond motifs is 3. The highest BCUT2D eigenvalue weighted by molar-refractivity contribution is 6.31. The van der Waals surface area contributed by atoms with Crippen LogP contribution in [0.25, 0.3) is 0 Å². The number of allylic oxidation sites excluding steroid dienone is 4. The van der Waals surface area contributed by atoms with Crippen molar-refractivity contribution < 1.29 is 39.5 Å². The molecule has 9 heteroatoms. The summed E-state index contributed by atoms with van der Waals surface area (Å²) in [6, 6.07) is 5.97. The number of rotatable bonds is 5. The molecule has 1 aliphatic carbocycles. The molecular formula is C26H25NO8. The van der Waals surface area contributed by atoms with Gasteiger partial charge in [0.2, 0.25) is 0 Å². The van der Waals surface area contributed by atoms with E-state index in [1.54, 1.807) is 12.1 Å². The van der Waals surface area contributed by atoms with Crippen LogP contribution in [-0.4, -0.2) is 44.3 Å². The molecule has 2 atom stereocenters. The number of carbonyl (C=O) groups is 3. The second-order valence-electron chi connectivity index (χ2n) is 8.87. The average molecular weight is 479 g/mol. The van der Waals surface area contributed by atoms with Crippen LogP contribution in [-0.2, 0) is 15.0 Å². The fourth-order valence-corrected chi connectivity index (χ4v) is 4.51. The Hall–Kier alpha value is -4.11. The van der Waals surface area contributed by atoms with E-state index < -0.39 is 40.4 Å². The van der Waals surface area contributed by atoms with Gasteiger partial charge in [-0.2, -0.15) is 0 Å². The Kier molecular flexibility index (Phi) is 5.68. The Bertz CT molecular complexity index is 1350. The maximum absolute atomic E-state index is 13.7. The lowest BCUT2D eigenvalue weighted by atomic mass is 9.70. The summed E-state index contributed by atoms with van der Waals surface area (Å²) < 4.78 is 5.73. The van der Waals surface area contributed by atoms with E-state index in [4.69, 9.17) is 4.74 Å². The second kappa shape index (κ2) is 8.28. The van der Waals surface area contributed by atoms with Gasteiger partial charge in [0.25, 0.3) is 0 Å². The molecule has 5 N–H and O–H groups in total. The first kappa shape index (κ1) is 24.0. The molecule has 4 rings (SSSR count). The van der Waals surface area contributed by atoms with Crippen molar-refractivity contribution in [3.05, 3.63) is 69.6 Å². The van der Waals surface area contributed by atoms with E-state index in [2.05, 4.69) is 5.32 Å². The predicted octanol–water partition coefficient (Wildman–Crippen LogP) is 2.60. The number of Topliss-reactive ketones (excluding diaryl/α,β-unsaturated/α-hetero) is 2. The van der Waals surface area contributed by atoms with E-state index >= 15 is 0 Å². The van der Waals surface area contributed by atoms with Gasteiger partial charge in [-0.1, -0.05) is 12.1 Å². The molecule has 182 valence electrons. The van der Waals surface area contributed by atoms with E-state index in [0.29, 0.717) is 5.56 Å². The van der Waals surface area contributed by atoms with Crippen LogP contribution in [0.4, 0.5) is 0 Å². The lowest BCUT2D eigenvalue weighted by Gasteiger charge is -2.29. The van der Waals surface area contributed by atoms with Crippen molar-refractivity contribution in [1.29, 1.82) is 0 Å². The third-order valence-electron chi connectivity index (χ3n) is 6.60. The van der Waals surface area contributed by atoms with E-state index in [9.17, 15) is 34.8 Å². The third-order valence-corrected chi connectivity index (χ3v) is 6.60. The SMILES string of the molecule is CC(=O)c1c(O)c(C)c(O)c2c1OC1=CC(=O)/C(=C(/C)NCC(O)c3ccc(O)cc3)C(=O)[C@@]12C. The predicted molar refractivity (Wildman–Crippen MR) is 124 cm³/mol. The van der Waals surface area contributed by atoms with Gasteiger partial charge >= 0.3 is 0 Å². The quantitative estimate of drug-likeness (QED) is 0.247. The van der Waals surface area contributed by atoms with Gasteiger partial charge in [-0.15, -0.1) is 0 Å². The lowest BCUT2D eigenvalue weighted by Crippen LogP contribution is -2.41. The number of ether oxygens (including phenoxy) is 1. The van der Waals surface area contributed by atoms with E-state index in [-0.39, 0.29) is 51.8 Å². The van der Waals surface area contributed by atoms with Gasteiger partial charge < -0.3 is 30.5 Å². The molecule has 0 saturated carbocycles. The third kappa shape index (κ3) is 3.55. The fraction of sp³-hybridized carbons (Fsp3) is 0.269. The van der Waals surface area contributed by atoms with Crippen LogP contribution in [0.3, 0.4) is 0 Å². The molecule has 1 unspecified atom stereocenters. The molecule has 0 bridgehead atoms. The Morgan fingerprint density at radius 3 is 2.31 bits per heavy atom. The zero-order chi connectivity index (χ0) is 25.8. The normalized spacial score (nSPS) is 21.0. The number of phenolic OH excluding ortho intramolecular Hbond substituents is 3. The molecule has 1 aliphatic heterocycles. The minimum Gasteiger partial charge on any atom is -0.508 e. The van der Waals surface area contributed by atoms with Crippen molar-refractivity contribution in [1.82, 2.24) is 5.32 Å². The van der Waals surface area contributed by atoms with E-state index in [0.717, 1.165) is 6.08 Å². The van der Waals surface area contributed by atoms with Gasteiger partial charge in [-0.3, -0.25) is 14.4 Å². The number of aliphatic hydroxyl groups excluding tert-OH is 1. The number of aliphatic hydroxyl groups is 1. The highest BCUT2D eigenvalue weighted by atomic mass is 16.5. The highest BCUT2D eigenvalue weighted by Gasteiger charge is 2.56. The highest BCUT2D eigenvalue weighted by Crippen LogP contribution is 2.57. The number of phenols is 3. The smallest absolute Gasteiger partial charge is 0.194 e. The molecule has 35 heavy (non-hydrogen) atoms. The summed E-state index contributed by atoms with van der Waals surface area (Å²) in [6.45, 7) is 5.62. The minimum atomic E-state index is -1.61. The molecule has 0 fully saturated rings. The number of aromatic hydroxyl groups is 3. The number of hydrogen-bond donors (Lipinski definition) is 5. The maximum Gasteiger partial charge on any atom is 0.194 e. The monoisotopic (exact) mass is 479 g/mol. The van der Waals surface area contributed by atoms with Crippen LogP contribution in [0.15, 0.2) is 47.4 Å². The van der Waals surface area contributed by atoms with E-state index in [1.807, 2.05) is 0 Å². The molecule has 0 radical (unpaired) electrons. The van der Waals surface area contributed by atoms with Crippen molar-refractivity contribution in [2.75, 3.05) is 6.54 Å². The summed E-state index contributed by atoms with van der Waals surface area (Å²) in [4.78, 5) is 38.9. The van der Waals surface area contributed by atoms with Crippen LogP contribution in [0.2, 0.25) is 0 Å². The van der Waals surface area contributed by atoms with Gasteiger partial charge in [0, 0.05) is 23.9 Å². The topological polar surface area (TPSA) is 153 Å². The minimum absolute atomic E-state index is 0.0103. The molecular weight excluding hydrogens is 454 g/mol. The summed E-state index contributed by atoms with van der Waals surface area (Å²) in [6.07, 6.45) is 0.151. The molecule has 0 spiro atoms. The van der Waals surface area contributed by atoms with Crippen LogP contribution in [0, 0.1) is 6.92 Å². The van der Waals surface area contributed by atoms with Crippen LogP contribution in [0.1, 0.15) is 53.9 Å². The van der Waals surface area contributed by atoms with Gasteiger partial charge in [0.05, 0.1) is 17.2 Å². The van der Waals surface area contributed by atoms with Gasteiger partial charge in [0.15, 0.2) is 17.3 Å². The average Bonchev–Trinajstić information content (AvgIpc) is 3.09. The van der Waals surface area contributed by atoms with Crippen LogP contribution < -0.4 is 10.1 Å². The van der Waals surface area contributed by atoms with Gasteiger partial charge in [0.1, 0.15) is 39.7 Å². The lowest BCUT2D eigenvalue weighted by molar-refractivity contribution is -0.123. The first-order chi connectivity index (χ1) is 16.4. The first-order valence-electron chi connectivity index (χ1n) is 10.9. The number of hydrogen-bond acceptors (Lipinski definition) is 9. The Morgan fingerprint density at radius 1 is 1.09 bits per heavy atom. The summed E-state index contributed by atoms with van der Waals surface area (Å²) >= 11 is 0. The van der Waals surface area contributed by atoms with Crippen LogP contribution >= 0.6 is 0 Å². The number of nitrogens with one attached hydrogen (secondary N) is 1. The van der Waals surface area contributed by atoms with Crippen molar-refractivity contribution in [3.63, 3.8) is 0 Å². The first-order valence-corrected chi connectivity index (χ1v) is 10.9. The Labute approximate surface area is 201 Å². The maximum atomic E-state index is 13.7. The Balaban J connectivity index is 1.75. The van der Waals surface area contributed by atoms with Gasteiger partial charge in [-0.05, 0) is 45.4 Å². The fourth-order valence-electron chi connectivity index (χ4n) is 4.51. The summed E-state index contributed by atoms with van der Waals surface area (Å²) in [5.41, 5.74) is -1.20. The molecule has 2 aromatic carbocycles. The van der Waals surface area contributed by atoms with Crippen molar-refractivity contribution >= 4 is 17.3 Å². The number of carbonyl (C=O) groups excluding carboxylic acids is 3. The zero-order valence-corrected chi connectivity index (χ0v) is 19.6. The van der Waals surface area contributed by atoms with Crippen molar-refractivity contribution in [3.8, 4) is 23.0 Å². The molecule has 0 amide bonds. The Morgan fingerprint density at radius 2 is 1.71 bits per heavy atom. The summed E-state index contributed by atoms with van der Waals surface area (Å²) in [5, 5.41) is 44.0. The van der Waals surface area contributed by atoms with E-state index in [1.165, 1.54) is 39.8 Å². The standard InChI is InChI=1S/C26H25NO8/c1-11-22(32)20(13(3)28)24-21(23(11)33)26(4)18(35-24)9-16(30)19(25(26)34)12(2)27-10-17(31)14-5-7-15(29)8-6-14/h5-9,17,27,29,31-33H,10H2,1-4H3/b19-12+/t17?,26-/m0/s1. The summed E-state index contributed by atoms with van der Waals surface area (Å²) in [5.74, 6) is -2.81. The number of benzene rings is 2. The van der Waals surface area contributed by atoms with Crippen molar-refractivity contribution in [2.24, 2.45) is 0 Å².